The molecule has 0 fully saturated rings. The van der Waals surface area contributed by atoms with E-state index in [2.05, 4.69) is 0 Å². The van der Waals surface area contributed by atoms with Crippen LogP contribution in [0.5, 0.6) is 5.75 Å². The normalized spacial score (nSPS) is 10.5. The van der Waals surface area contributed by atoms with E-state index in [0.717, 1.165) is 5.56 Å². The summed E-state index contributed by atoms with van der Waals surface area (Å²) in [5.74, 6) is 0.537. The number of halogens is 1. The SMILES string of the molecule is COCCOc1c(N)ccc(N)c1-c1ccccc1Cl. The van der Waals surface area contributed by atoms with Gasteiger partial charge in [-0.3, -0.25) is 0 Å². The summed E-state index contributed by atoms with van der Waals surface area (Å²) in [6.45, 7) is 0.859. The molecule has 0 aliphatic carbocycles. The summed E-state index contributed by atoms with van der Waals surface area (Å²) in [5, 5.41) is 0.599. The number of hydrogen-bond acceptors (Lipinski definition) is 4. The van der Waals surface area contributed by atoms with Crippen molar-refractivity contribution in [3.63, 3.8) is 0 Å². The number of benzene rings is 2. The second kappa shape index (κ2) is 6.50. The second-order valence-electron chi connectivity index (χ2n) is 4.27. The molecule has 0 heterocycles. The number of nitrogens with two attached hydrogens (primary N) is 2. The highest BCUT2D eigenvalue weighted by molar-refractivity contribution is 6.33. The smallest absolute Gasteiger partial charge is 0.152 e. The Labute approximate surface area is 123 Å². The van der Waals surface area contributed by atoms with Crippen molar-refractivity contribution in [3.8, 4) is 16.9 Å². The molecule has 0 amide bonds. The average molecular weight is 293 g/mol. The predicted molar refractivity (Wildman–Crippen MR) is 83.1 cm³/mol. The quantitative estimate of drug-likeness (QED) is 0.656. The van der Waals surface area contributed by atoms with E-state index in [9.17, 15) is 0 Å². The lowest BCUT2D eigenvalue weighted by molar-refractivity contribution is 0.147. The summed E-state index contributed by atoms with van der Waals surface area (Å²) in [6.07, 6.45) is 0. The van der Waals surface area contributed by atoms with Crippen molar-refractivity contribution >= 4 is 23.0 Å². The Hall–Kier alpha value is -1.91. The Morgan fingerprint density at radius 2 is 1.70 bits per heavy atom. The van der Waals surface area contributed by atoms with Gasteiger partial charge in [0.05, 0.1) is 17.9 Å². The molecular weight excluding hydrogens is 276 g/mol. The van der Waals surface area contributed by atoms with Crippen LogP contribution in [0, 0.1) is 0 Å². The monoisotopic (exact) mass is 292 g/mol. The molecule has 0 radical (unpaired) electrons. The molecule has 20 heavy (non-hydrogen) atoms. The fourth-order valence-corrected chi connectivity index (χ4v) is 2.17. The van der Waals surface area contributed by atoms with Crippen molar-refractivity contribution in [1.82, 2.24) is 0 Å². The first-order chi connectivity index (χ1) is 9.65. The van der Waals surface area contributed by atoms with Crippen molar-refractivity contribution in [2.75, 3.05) is 31.8 Å². The summed E-state index contributed by atoms with van der Waals surface area (Å²) in [4.78, 5) is 0. The molecule has 0 unspecified atom stereocenters. The van der Waals surface area contributed by atoms with Gasteiger partial charge in [-0.2, -0.15) is 0 Å². The van der Waals surface area contributed by atoms with Crippen LogP contribution in [0.15, 0.2) is 36.4 Å². The van der Waals surface area contributed by atoms with E-state index in [1.165, 1.54) is 0 Å². The van der Waals surface area contributed by atoms with Crippen molar-refractivity contribution < 1.29 is 9.47 Å². The van der Waals surface area contributed by atoms with Gasteiger partial charge in [0.1, 0.15) is 6.61 Å². The number of ether oxygens (including phenoxy) is 2. The minimum Gasteiger partial charge on any atom is -0.488 e. The Morgan fingerprint density at radius 1 is 1.00 bits per heavy atom. The molecule has 2 aromatic rings. The first-order valence-corrected chi connectivity index (χ1v) is 6.57. The van der Waals surface area contributed by atoms with Gasteiger partial charge in [-0.1, -0.05) is 29.8 Å². The van der Waals surface area contributed by atoms with Crippen LogP contribution < -0.4 is 16.2 Å². The highest BCUT2D eigenvalue weighted by Crippen LogP contribution is 2.42. The van der Waals surface area contributed by atoms with E-state index in [-0.39, 0.29) is 0 Å². The maximum Gasteiger partial charge on any atom is 0.152 e. The van der Waals surface area contributed by atoms with Gasteiger partial charge < -0.3 is 20.9 Å². The molecule has 2 rings (SSSR count). The molecule has 5 heteroatoms. The zero-order chi connectivity index (χ0) is 14.5. The fourth-order valence-electron chi connectivity index (χ4n) is 1.94. The average Bonchev–Trinajstić information content (AvgIpc) is 2.44. The van der Waals surface area contributed by atoms with E-state index in [1.54, 1.807) is 25.3 Å². The molecule has 0 aliphatic rings. The van der Waals surface area contributed by atoms with Gasteiger partial charge in [-0.05, 0) is 18.2 Å². The summed E-state index contributed by atoms with van der Waals surface area (Å²) < 4.78 is 10.7. The van der Waals surface area contributed by atoms with E-state index in [1.807, 2.05) is 18.2 Å². The Balaban J connectivity index is 2.50. The summed E-state index contributed by atoms with van der Waals surface area (Å²) >= 11 is 6.24. The van der Waals surface area contributed by atoms with E-state index in [4.69, 9.17) is 32.5 Å². The van der Waals surface area contributed by atoms with Crippen LogP contribution in [0.4, 0.5) is 11.4 Å². The molecule has 0 spiro atoms. The number of methoxy groups -OCH3 is 1. The molecule has 0 saturated carbocycles. The van der Waals surface area contributed by atoms with Crippen LogP contribution in [0.1, 0.15) is 0 Å². The fraction of sp³-hybridized carbons (Fsp3) is 0.200. The summed E-state index contributed by atoms with van der Waals surface area (Å²) in [7, 11) is 1.61. The van der Waals surface area contributed by atoms with Crippen LogP contribution in [0.3, 0.4) is 0 Å². The Kier molecular flexibility index (Phi) is 4.71. The van der Waals surface area contributed by atoms with Gasteiger partial charge in [0, 0.05) is 23.4 Å². The van der Waals surface area contributed by atoms with Crippen LogP contribution >= 0.6 is 11.6 Å². The third-order valence-electron chi connectivity index (χ3n) is 2.90. The molecule has 0 saturated heterocycles. The first-order valence-electron chi connectivity index (χ1n) is 6.19. The lowest BCUT2D eigenvalue weighted by Gasteiger charge is -2.16. The minimum absolute atomic E-state index is 0.390. The molecule has 0 aliphatic heterocycles. The van der Waals surface area contributed by atoms with E-state index >= 15 is 0 Å². The van der Waals surface area contributed by atoms with Crippen LogP contribution in [0.25, 0.3) is 11.1 Å². The van der Waals surface area contributed by atoms with Crippen LogP contribution in [-0.2, 0) is 4.74 Å². The van der Waals surface area contributed by atoms with Crippen molar-refractivity contribution in [3.05, 3.63) is 41.4 Å². The largest absolute Gasteiger partial charge is 0.488 e. The molecule has 2 aromatic carbocycles. The number of hydrogen-bond donors (Lipinski definition) is 2. The number of anilines is 2. The van der Waals surface area contributed by atoms with Gasteiger partial charge in [-0.15, -0.1) is 0 Å². The molecule has 106 valence electrons. The molecule has 4 N–H and O–H groups in total. The van der Waals surface area contributed by atoms with Gasteiger partial charge in [-0.25, -0.2) is 0 Å². The zero-order valence-electron chi connectivity index (χ0n) is 11.2. The van der Waals surface area contributed by atoms with Crippen LogP contribution in [0.2, 0.25) is 5.02 Å². The third-order valence-corrected chi connectivity index (χ3v) is 3.23. The molecule has 0 aromatic heterocycles. The summed E-state index contributed by atoms with van der Waals surface area (Å²) in [6, 6.07) is 10.9. The Morgan fingerprint density at radius 3 is 2.40 bits per heavy atom. The van der Waals surface area contributed by atoms with E-state index in [0.29, 0.717) is 40.9 Å². The number of rotatable bonds is 5. The maximum atomic E-state index is 6.24. The second-order valence-corrected chi connectivity index (χ2v) is 4.68. The van der Waals surface area contributed by atoms with Gasteiger partial charge in [0.2, 0.25) is 0 Å². The predicted octanol–water partition coefficient (Wildman–Crippen LogP) is 3.20. The molecule has 0 bridgehead atoms. The Bertz CT molecular complexity index is 602. The standard InChI is InChI=1S/C15H17ClN2O2/c1-19-8-9-20-15-13(18)7-6-12(17)14(15)10-4-2-3-5-11(10)16/h2-7H,8-9,17-18H2,1H3. The van der Waals surface area contributed by atoms with Crippen molar-refractivity contribution in [1.29, 1.82) is 0 Å². The lowest BCUT2D eigenvalue weighted by Crippen LogP contribution is -2.08. The zero-order valence-corrected chi connectivity index (χ0v) is 12.0. The third kappa shape index (κ3) is 2.98. The van der Waals surface area contributed by atoms with E-state index < -0.39 is 0 Å². The summed E-state index contributed by atoms with van der Waals surface area (Å²) in [5.41, 5.74) is 14.7. The maximum absolute atomic E-state index is 6.24. The van der Waals surface area contributed by atoms with Gasteiger partial charge in [0.25, 0.3) is 0 Å². The van der Waals surface area contributed by atoms with Crippen LogP contribution in [-0.4, -0.2) is 20.3 Å². The molecule has 4 nitrogen and oxygen atoms in total. The molecule has 0 atom stereocenters. The van der Waals surface area contributed by atoms with Gasteiger partial charge >= 0.3 is 0 Å². The highest BCUT2D eigenvalue weighted by atomic mass is 35.5. The molecular formula is C15H17ClN2O2. The van der Waals surface area contributed by atoms with Crippen molar-refractivity contribution in [2.45, 2.75) is 0 Å². The number of nitrogen functional groups attached to an aromatic ring is 2. The van der Waals surface area contributed by atoms with Crippen molar-refractivity contribution in [2.24, 2.45) is 0 Å². The highest BCUT2D eigenvalue weighted by Gasteiger charge is 2.16. The first kappa shape index (κ1) is 14.5. The van der Waals surface area contributed by atoms with Gasteiger partial charge in [0.15, 0.2) is 5.75 Å². The lowest BCUT2D eigenvalue weighted by atomic mass is 10.0. The minimum atomic E-state index is 0.390. The topological polar surface area (TPSA) is 70.5 Å².